The van der Waals surface area contributed by atoms with Crippen molar-refractivity contribution in [2.24, 2.45) is 5.92 Å². The zero-order chi connectivity index (χ0) is 23.5. The quantitative estimate of drug-likeness (QED) is 0.343. The fourth-order valence-corrected chi connectivity index (χ4v) is 4.04. The zero-order valence-corrected chi connectivity index (χ0v) is 19.4. The second-order valence-corrected chi connectivity index (χ2v) is 8.57. The van der Waals surface area contributed by atoms with Crippen molar-refractivity contribution in [3.63, 3.8) is 0 Å². The van der Waals surface area contributed by atoms with Crippen molar-refractivity contribution in [3.05, 3.63) is 70.8 Å². The molecular weight excluding hydrogens is 450 g/mol. The van der Waals surface area contributed by atoms with Crippen LogP contribution < -0.4 is 9.47 Å². The van der Waals surface area contributed by atoms with Crippen LogP contribution in [-0.4, -0.2) is 33.2 Å². The fraction of sp³-hybridized carbons (Fsp3) is 0.231. The molecule has 1 aliphatic rings. The van der Waals surface area contributed by atoms with Gasteiger partial charge >= 0.3 is 0 Å². The number of aromatic nitrogens is 4. The van der Waals surface area contributed by atoms with Crippen LogP contribution in [0.5, 0.6) is 11.5 Å². The van der Waals surface area contributed by atoms with E-state index in [-0.39, 0.29) is 0 Å². The summed E-state index contributed by atoms with van der Waals surface area (Å²) in [5, 5.41) is 9.62. The Hall–Kier alpha value is -3.89. The van der Waals surface area contributed by atoms with E-state index in [0.717, 1.165) is 5.56 Å². The molecule has 170 valence electrons. The third-order valence-electron chi connectivity index (χ3n) is 5.93. The van der Waals surface area contributed by atoms with Crippen molar-refractivity contribution < 1.29 is 9.47 Å². The average Bonchev–Trinajstić information content (AvgIpc) is 3.19. The number of benzene rings is 1. The molecule has 5 rings (SSSR count). The lowest BCUT2D eigenvalue weighted by molar-refractivity contribution is 0.175. The highest BCUT2D eigenvalue weighted by molar-refractivity contribution is 6.31. The highest BCUT2D eigenvalue weighted by atomic mass is 35.5. The first kappa shape index (κ1) is 21.9. The Morgan fingerprint density at radius 2 is 2.06 bits per heavy atom. The maximum absolute atomic E-state index is 9.12. The van der Waals surface area contributed by atoms with Gasteiger partial charge in [-0.3, -0.25) is 4.57 Å². The second kappa shape index (κ2) is 9.54. The Labute approximate surface area is 202 Å². The Bertz CT molecular complexity index is 1400. The molecule has 0 N–H and O–H groups in total. The molecule has 1 fully saturated rings. The van der Waals surface area contributed by atoms with Gasteiger partial charge in [0.1, 0.15) is 23.2 Å². The molecule has 34 heavy (non-hydrogen) atoms. The van der Waals surface area contributed by atoms with E-state index in [2.05, 4.69) is 16.0 Å². The smallest absolute Gasteiger partial charge is 0.168 e. The van der Waals surface area contributed by atoms with Gasteiger partial charge in [-0.25, -0.2) is 15.0 Å². The van der Waals surface area contributed by atoms with Crippen LogP contribution in [0.3, 0.4) is 0 Å². The van der Waals surface area contributed by atoms with Crippen LogP contribution in [-0.2, 0) is 0 Å². The summed E-state index contributed by atoms with van der Waals surface area (Å²) in [6.07, 6.45) is 10.6. The number of imidazole rings is 1. The molecule has 1 aromatic carbocycles. The van der Waals surface area contributed by atoms with E-state index in [4.69, 9.17) is 31.3 Å². The largest absolute Gasteiger partial charge is 0.493 e. The number of pyridine rings is 2. The summed E-state index contributed by atoms with van der Waals surface area (Å²) in [6.45, 7) is 0.678. The molecule has 7 nitrogen and oxygen atoms in total. The Kier molecular flexibility index (Phi) is 6.15. The molecule has 0 unspecified atom stereocenters. The third-order valence-corrected chi connectivity index (χ3v) is 6.13. The minimum atomic E-state index is 0.478. The number of methoxy groups -OCH3 is 1. The molecule has 0 atom stereocenters. The molecule has 1 saturated carbocycles. The highest BCUT2D eigenvalue weighted by Gasteiger charge is 2.20. The van der Waals surface area contributed by atoms with Crippen LogP contribution in [0.2, 0.25) is 5.02 Å². The van der Waals surface area contributed by atoms with Gasteiger partial charge in [0.25, 0.3) is 0 Å². The van der Waals surface area contributed by atoms with E-state index in [1.165, 1.54) is 25.5 Å². The molecule has 4 aromatic rings. The summed E-state index contributed by atoms with van der Waals surface area (Å²) >= 11 is 6.16. The molecule has 0 amide bonds. The van der Waals surface area contributed by atoms with Crippen LogP contribution in [0.4, 0.5) is 0 Å². The van der Waals surface area contributed by atoms with Gasteiger partial charge in [0.05, 0.1) is 24.3 Å². The van der Waals surface area contributed by atoms with Gasteiger partial charge in [0.2, 0.25) is 0 Å². The van der Waals surface area contributed by atoms with Gasteiger partial charge < -0.3 is 9.47 Å². The number of ether oxygens (including phenoxy) is 2. The normalized spacial score (nSPS) is 13.7. The molecule has 3 heterocycles. The standard InChI is InChI=1S/C26H22ClN5O2/c1-33-22-7-3-6-19(25(22)34-16-17-4-2-5-17)9-11-24-31-21-12-20(27)15-30-26(21)32(24)23-10-8-18(13-28)14-29-23/h3,6-12,14-15,17H,2,4-5,16H2,1H3/b11-9+. The molecule has 0 spiro atoms. The maximum Gasteiger partial charge on any atom is 0.168 e. The van der Waals surface area contributed by atoms with E-state index in [1.807, 2.05) is 34.9 Å². The van der Waals surface area contributed by atoms with Gasteiger partial charge in [-0.15, -0.1) is 0 Å². The number of hydrogen-bond acceptors (Lipinski definition) is 6. The van der Waals surface area contributed by atoms with Crippen LogP contribution in [0.15, 0.2) is 48.8 Å². The van der Waals surface area contributed by atoms with Crippen molar-refractivity contribution >= 4 is 34.9 Å². The zero-order valence-electron chi connectivity index (χ0n) is 18.6. The van der Waals surface area contributed by atoms with E-state index in [9.17, 15) is 0 Å². The number of halogens is 1. The monoisotopic (exact) mass is 471 g/mol. The van der Waals surface area contributed by atoms with Crippen LogP contribution in [0, 0.1) is 17.2 Å². The summed E-state index contributed by atoms with van der Waals surface area (Å²) in [5.74, 6) is 3.23. The second-order valence-electron chi connectivity index (χ2n) is 8.14. The Morgan fingerprint density at radius 3 is 2.76 bits per heavy atom. The molecule has 8 heteroatoms. The Morgan fingerprint density at radius 1 is 1.18 bits per heavy atom. The minimum Gasteiger partial charge on any atom is -0.493 e. The van der Waals surface area contributed by atoms with Crippen molar-refractivity contribution in [1.82, 2.24) is 19.5 Å². The van der Waals surface area contributed by atoms with Crippen LogP contribution >= 0.6 is 11.6 Å². The van der Waals surface area contributed by atoms with Gasteiger partial charge in [0, 0.05) is 18.0 Å². The van der Waals surface area contributed by atoms with Crippen molar-refractivity contribution in [3.8, 4) is 23.4 Å². The molecule has 1 aliphatic carbocycles. The number of nitrogens with zero attached hydrogens (tertiary/aromatic N) is 5. The lowest BCUT2D eigenvalue weighted by Crippen LogP contribution is -2.19. The molecular formula is C26H22ClN5O2. The summed E-state index contributed by atoms with van der Waals surface area (Å²) in [4.78, 5) is 13.6. The first-order valence-corrected chi connectivity index (χ1v) is 11.4. The van der Waals surface area contributed by atoms with Crippen LogP contribution in [0.1, 0.15) is 36.2 Å². The summed E-state index contributed by atoms with van der Waals surface area (Å²) in [7, 11) is 1.64. The number of fused-ring (bicyclic) bond motifs is 1. The van der Waals surface area contributed by atoms with Crippen molar-refractivity contribution in [2.45, 2.75) is 19.3 Å². The number of para-hydroxylation sites is 1. The van der Waals surface area contributed by atoms with E-state index in [1.54, 1.807) is 31.5 Å². The van der Waals surface area contributed by atoms with Gasteiger partial charge in [-0.2, -0.15) is 5.26 Å². The topological polar surface area (TPSA) is 85.9 Å². The first-order chi connectivity index (χ1) is 16.7. The predicted octanol–water partition coefficient (Wildman–Crippen LogP) is 5.70. The molecule has 3 aromatic heterocycles. The molecule has 0 bridgehead atoms. The summed E-state index contributed by atoms with van der Waals surface area (Å²) in [5.41, 5.74) is 2.63. The third kappa shape index (κ3) is 4.33. The van der Waals surface area contributed by atoms with E-state index in [0.29, 0.717) is 57.4 Å². The number of hydrogen-bond donors (Lipinski definition) is 0. The number of rotatable bonds is 7. The average molecular weight is 472 g/mol. The number of nitriles is 1. The van der Waals surface area contributed by atoms with Crippen LogP contribution in [0.25, 0.3) is 29.1 Å². The molecule has 0 radical (unpaired) electrons. The first-order valence-electron chi connectivity index (χ1n) is 11.0. The maximum atomic E-state index is 9.12. The lowest BCUT2D eigenvalue weighted by Gasteiger charge is -2.26. The van der Waals surface area contributed by atoms with Gasteiger partial charge in [-0.1, -0.05) is 30.2 Å². The fourth-order valence-electron chi connectivity index (χ4n) is 3.88. The van der Waals surface area contributed by atoms with Crippen molar-refractivity contribution in [1.29, 1.82) is 5.26 Å². The summed E-state index contributed by atoms with van der Waals surface area (Å²) in [6, 6.07) is 13.2. The SMILES string of the molecule is COc1cccc(/C=C/c2nc3cc(Cl)cnc3n2-c2ccc(C#N)cn2)c1OCC1CCC1. The summed E-state index contributed by atoms with van der Waals surface area (Å²) < 4.78 is 13.6. The molecule has 0 aliphatic heterocycles. The van der Waals surface area contributed by atoms with Gasteiger partial charge in [0.15, 0.2) is 17.1 Å². The van der Waals surface area contributed by atoms with E-state index < -0.39 is 0 Å². The molecule has 0 saturated heterocycles. The van der Waals surface area contributed by atoms with E-state index >= 15 is 0 Å². The van der Waals surface area contributed by atoms with Gasteiger partial charge in [-0.05, 0) is 55.2 Å². The lowest BCUT2D eigenvalue weighted by atomic mass is 9.86. The predicted molar refractivity (Wildman–Crippen MR) is 131 cm³/mol. The minimum absolute atomic E-state index is 0.478. The van der Waals surface area contributed by atoms with Crippen molar-refractivity contribution in [2.75, 3.05) is 13.7 Å². The highest BCUT2D eigenvalue weighted by Crippen LogP contribution is 2.35. The Balaban J connectivity index is 1.56.